The number of rotatable bonds is 5. The lowest BCUT2D eigenvalue weighted by atomic mass is 10.0. The lowest BCUT2D eigenvalue weighted by molar-refractivity contribution is 0.404. The number of hydrogen-bond acceptors (Lipinski definition) is 2. The fourth-order valence-corrected chi connectivity index (χ4v) is 1.55. The summed E-state index contributed by atoms with van der Waals surface area (Å²) in [6.07, 6.45) is 0. The summed E-state index contributed by atoms with van der Waals surface area (Å²) in [6, 6.07) is 3.67. The van der Waals surface area contributed by atoms with Crippen molar-refractivity contribution in [3.05, 3.63) is 35.4 Å². The molecule has 0 saturated carbocycles. The molecule has 0 radical (unpaired) electrons. The van der Waals surface area contributed by atoms with Gasteiger partial charge in [-0.2, -0.15) is 0 Å². The van der Waals surface area contributed by atoms with Gasteiger partial charge in [0.2, 0.25) is 0 Å². The highest BCUT2D eigenvalue weighted by molar-refractivity contribution is 5.17. The van der Waals surface area contributed by atoms with Crippen molar-refractivity contribution >= 4 is 0 Å². The van der Waals surface area contributed by atoms with Crippen molar-refractivity contribution in [2.24, 2.45) is 11.7 Å². The summed E-state index contributed by atoms with van der Waals surface area (Å²) < 4.78 is 25.8. The normalized spacial score (nSPS) is 13.1. The molecule has 2 nitrogen and oxygen atoms in total. The molecular formula is C12H18F2N2. The fourth-order valence-electron chi connectivity index (χ4n) is 1.55. The molecule has 0 aliphatic carbocycles. The molecule has 16 heavy (non-hydrogen) atoms. The number of benzene rings is 1. The molecule has 0 heterocycles. The number of nitrogens with two attached hydrogens (primary N) is 1. The van der Waals surface area contributed by atoms with E-state index in [1.165, 1.54) is 12.1 Å². The van der Waals surface area contributed by atoms with E-state index in [4.69, 9.17) is 5.73 Å². The van der Waals surface area contributed by atoms with E-state index in [0.29, 0.717) is 24.6 Å². The zero-order valence-electron chi connectivity index (χ0n) is 9.63. The standard InChI is InChI=1S/C12H18F2N2/c1-8(2)12(6-15)16-7-9-3-10(13)5-11(14)4-9/h3-5,8,12,16H,6-7,15H2,1-2H3. The third kappa shape index (κ3) is 3.87. The van der Waals surface area contributed by atoms with E-state index in [9.17, 15) is 8.78 Å². The first kappa shape index (κ1) is 13.1. The van der Waals surface area contributed by atoms with Crippen LogP contribution in [0.3, 0.4) is 0 Å². The summed E-state index contributed by atoms with van der Waals surface area (Å²) in [5, 5.41) is 3.18. The van der Waals surface area contributed by atoms with Gasteiger partial charge in [-0.15, -0.1) is 0 Å². The summed E-state index contributed by atoms with van der Waals surface area (Å²) in [4.78, 5) is 0. The van der Waals surface area contributed by atoms with E-state index >= 15 is 0 Å². The van der Waals surface area contributed by atoms with Gasteiger partial charge in [0.05, 0.1) is 0 Å². The summed E-state index contributed by atoms with van der Waals surface area (Å²) in [7, 11) is 0. The highest BCUT2D eigenvalue weighted by Crippen LogP contribution is 2.09. The molecule has 0 aliphatic rings. The molecule has 0 aliphatic heterocycles. The van der Waals surface area contributed by atoms with Crippen molar-refractivity contribution < 1.29 is 8.78 Å². The lowest BCUT2D eigenvalue weighted by Gasteiger charge is -2.20. The van der Waals surface area contributed by atoms with Crippen molar-refractivity contribution in [3.8, 4) is 0 Å². The minimum atomic E-state index is -0.550. The topological polar surface area (TPSA) is 38.0 Å². The van der Waals surface area contributed by atoms with Gasteiger partial charge in [0.15, 0.2) is 0 Å². The van der Waals surface area contributed by atoms with E-state index in [2.05, 4.69) is 19.2 Å². The Morgan fingerprint density at radius 3 is 2.19 bits per heavy atom. The average molecular weight is 228 g/mol. The monoisotopic (exact) mass is 228 g/mol. The van der Waals surface area contributed by atoms with Gasteiger partial charge in [-0.25, -0.2) is 8.78 Å². The summed E-state index contributed by atoms with van der Waals surface area (Å²) in [6.45, 7) is 5.04. The Balaban J connectivity index is 2.60. The van der Waals surface area contributed by atoms with Gasteiger partial charge in [0.1, 0.15) is 11.6 Å². The van der Waals surface area contributed by atoms with Crippen molar-refractivity contribution in [2.45, 2.75) is 26.4 Å². The van der Waals surface area contributed by atoms with Gasteiger partial charge in [0.25, 0.3) is 0 Å². The molecule has 1 aromatic carbocycles. The van der Waals surface area contributed by atoms with Crippen LogP contribution in [0.4, 0.5) is 8.78 Å². The highest BCUT2D eigenvalue weighted by atomic mass is 19.1. The van der Waals surface area contributed by atoms with Gasteiger partial charge < -0.3 is 11.1 Å². The second-order valence-corrected chi connectivity index (χ2v) is 4.24. The SMILES string of the molecule is CC(C)C(CN)NCc1cc(F)cc(F)c1. The Kier molecular flexibility index (Phi) is 4.83. The molecule has 4 heteroatoms. The molecule has 90 valence electrons. The van der Waals surface area contributed by atoms with E-state index in [1.807, 2.05) is 0 Å². The van der Waals surface area contributed by atoms with Gasteiger partial charge in [0, 0.05) is 25.2 Å². The van der Waals surface area contributed by atoms with Crippen LogP contribution < -0.4 is 11.1 Å². The van der Waals surface area contributed by atoms with Gasteiger partial charge in [-0.3, -0.25) is 0 Å². The van der Waals surface area contributed by atoms with Crippen LogP contribution in [-0.2, 0) is 6.54 Å². The maximum atomic E-state index is 12.9. The molecule has 0 spiro atoms. The Hall–Kier alpha value is -1.00. The predicted octanol–water partition coefficient (Wildman–Crippen LogP) is 2.04. The summed E-state index contributed by atoms with van der Waals surface area (Å²) in [5.74, 6) is -0.709. The van der Waals surface area contributed by atoms with E-state index < -0.39 is 11.6 Å². The molecule has 0 aromatic heterocycles. The zero-order chi connectivity index (χ0) is 12.1. The van der Waals surface area contributed by atoms with Crippen LogP contribution in [0.25, 0.3) is 0 Å². The second kappa shape index (κ2) is 5.92. The van der Waals surface area contributed by atoms with Crippen molar-refractivity contribution in [2.75, 3.05) is 6.54 Å². The van der Waals surface area contributed by atoms with Crippen LogP contribution in [0.2, 0.25) is 0 Å². The molecule has 1 rings (SSSR count). The maximum Gasteiger partial charge on any atom is 0.126 e. The second-order valence-electron chi connectivity index (χ2n) is 4.24. The van der Waals surface area contributed by atoms with Crippen molar-refractivity contribution in [1.29, 1.82) is 0 Å². The van der Waals surface area contributed by atoms with Crippen LogP contribution in [0, 0.1) is 17.6 Å². The quantitative estimate of drug-likeness (QED) is 0.809. The minimum Gasteiger partial charge on any atom is -0.329 e. The molecule has 0 fully saturated rings. The zero-order valence-corrected chi connectivity index (χ0v) is 9.63. The Labute approximate surface area is 94.8 Å². The lowest BCUT2D eigenvalue weighted by Crippen LogP contribution is -2.39. The molecular weight excluding hydrogens is 210 g/mol. The Morgan fingerprint density at radius 2 is 1.75 bits per heavy atom. The first-order valence-corrected chi connectivity index (χ1v) is 5.41. The molecule has 0 saturated heterocycles. The number of nitrogens with one attached hydrogen (secondary N) is 1. The molecule has 0 amide bonds. The third-order valence-electron chi connectivity index (χ3n) is 2.55. The smallest absolute Gasteiger partial charge is 0.126 e. The molecule has 1 atom stereocenters. The number of hydrogen-bond donors (Lipinski definition) is 2. The third-order valence-corrected chi connectivity index (χ3v) is 2.55. The first-order chi connectivity index (χ1) is 7.52. The highest BCUT2D eigenvalue weighted by Gasteiger charge is 2.10. The molecule has 1 unspecified atom stereocenters. The minimum absolute atomic E-state index is 0.159. The van der Waals surface area contributed by atoms with E-state index in [1.54, 1.807) is 0 Å². The van der Waals surface area contributed by atoms with Crippen molar-refractivity contribution in [3.63, 3.8) is 0 Å². The predicted molar refractivity (Wildman–Crippen MR) is 60.9 cm³/mol. The van der Waals surface area contributed by atoms with E-state index in [-0.39, 0.29) is 6.04 Å². The van der Waals surface area contributed by atoms with Gasteiger partial charge in [-0.1, -0.05) is 13.8 Å². The van der Waals surface area contributed by atoms with Crippen LogP contribution in [-0.4, -0.2) is 12.6 Å². The van der Waals surface area contributed by atoms with Crippen LogP contribution in [0.15, 0.2) is 18.2 Å². The van der Waals surface area contributed by atoms with E-state index in [0.717, 1.165) is 6.07 Å². The fraction of sp³-hybridized carbons (Fsp3) is 0.500. The average Bonchev–Trinajstić information content (AvgIpc) is 2.16. The summed E-state index contributed by atoms with van der Waals surface area (Å²) >= 11 is 0. The molecule has 0 bridgehead atoms. The Morgan fingerprint density at radius 1 is 1.19 bits per heavy atom. The van der Waals surface area contributed by atoms with Crippen LogP contribution >= 0.6 is 0 Å². The number of halogens is 2. The summed E-state index contributed by atoms with van der Waals surface area (Å²) in [5.41, 5.74) is 6.18. The van der Waals surface area contributed by atoms with Crippen LogP contribution in [0.5, 0.6) is 0 Å². The maximum absolute atomic E-state index is 12.9. The Bertz CT molecular complexity index is 320. The van der Waals surface area contributed by atoms with Gasteiger partial charge >= 0.3 is 0 Å². The van der Waals surface area contributed by atoms with Crippen molar-refractivity contribution in [1.82, 2.24) is 5.32 Å². The molecule has 1 aromatic rings. The first-order valence-electron chi connectivity index (χ1n) is 5.41. The molecule has 3 N–H and O–H groups in total. The largest absolute Gasteiger partial charge is 0.329 e. The van der Waals surface area contributed by atoms with Crippen LogP contribution in [0.1, 0.15) is 19.4 Å². The van der Waals surface area contributed by atoms with Gasteiger partial charge in [-0.05, 0) is 23.6 Å².